The van der Waals surface area contributed by atoms with E-state index in [0.717, 1.165) is 5.57 Å². The molecule has 0 radical (unpaired) electrons. The average molecular weight is 357 g/mol. The molecule has 0 aromatic heterocycles. The Balaban J connectivity index is 2.20. The van der Waals surface area contributed by atoms with Crippen LogP contribution in [0.4, 0.5) is 4.79 Å². The number of amides is 1. The zero-order valence-corrected chi connectivity index (χ0v) is 15.8. The van der Waals surface area contributed by atoms with Crippen molar-refractivity contribution in [2.24, 2.45) is 11.3 Å². The fourth-order valence-electron chi connectivity index (χ4n) is 3.59. The number of ether oxygens (including phenoxy) is 1. The first-order chi connectivity index (χ1) is 10.9. The predicted molar refractivity (Wildman–Crippen MR) is 92.3 cm³/mol. The summed E-state index contributed by atoms with van der Waals surface area (Å²) < 4.78 is 38.8. The Labute approximate surface area is 144 Å². The Kier molecular flexibility index (Phi) is 4.89. The molecule has 1 aliphatic carbocycles. The summed E-state index contributed by atoms with van der Waals surface area (Å²) in [7, 11) is -4.22. The molecule has 2 atom stereocenters. The first kappa shape index (κ1) is 19.0. The number of nitrogens with zero attached hydrogens (tertiary/aromatic N) is 1. The molecule has 1 amide bonds. The summed E-state index contributed by atoms with van der Waals surface area (Å²) in [6, 6.07) is 0. The summed E-state index contributed by atoms with van der Waals surface area (Å²) >= 11 is 0. The lowest BCUT2D eigenvalue weighted by atomic mass is 9.65. The molecule has 136 valence electrons. The Morgan fingerprint density at radius 2 is 2.00 bits per heavy atom. The van der Waals surface area contributed by atoms with E-state index in [2.05, 4.69) is 0 Å². The third-order valence-electron chi connectivity index (χ3n) is 4.79. The molecule has 2 rings (SSSR count). The lowest BCUT2D eigenvalue weighted by Gasteiger charge is -2.51. The Morgan fingerprint density at radius 1 is 1.42 bits per heavy atom. The molecule has 7 heteroatoms. The molecular weight excluding hydrogens is 330 g/mol. The van der Waals surface area contributed by atoms with E-state index in [1.165, 1.54) is 0 Å². The number of hydrogen-bond donors (Lipinski definition) is 1. The van der Waals surface area contributed by atoms with Gasteiger partial charge >= 0.3 is 6.09 Å². The molecule has 0 saturated carbocycles. The zero-order valence-electron chi connectivity index (χ0n) is 14.9. The first-order valence-electron chi connectivity index (χ1n) is 8.21. The number of carbonyl (C=O) groups excluding carboxylic acids is 1. The molecule has 24 heavy (non-hydrogen) atoms. The van der Waals surface area contributed by atoms with Gasteiger partial charge in [-0.2, -0.15) is 8.42 Å². The van der Waals surface area contributed by atoms with E-state index < -0.39 is 26.4 Å². The highest BCUT2D eigenvalue weighted by Crippen LogP contribution is 2.47. The predicted octanol–water partition coefficient (Wildman–Crippen LogP) is 3.02. The van der Waals surface area contributed by atoms with E-state index in [4.69, 9.17) is 4.74 Å². The minimum absolute atomic E-state index is 0.0400. The maximum Gasteiger partial charge on any atom is 0.410 e. The van der Waals surface area contributed by atoms with Gasteiger partial charge in [0.25, 0.3) is 10.1 Å². The van der Waals surface area contributed by atoms with Crippen molar-refractivity contribution in [3.05, 3.63) is 23.8 Å². The van der Waals surface area contributed by atoms with Gasteiger partial charge in [0.2, 0.25) is 0 Å². The van der Waals surface area contributed by atoms with Gasteiger partial charge in [-0.3, -0.25) is 4.55 Å². The normalized spacial score (nSPS) is 28.3. The minimum atomic E-state index is -4.22. The highest BCUT2D eigenvalue weighted by molar-refractivity contribution is 7.86. The van der Waals surface area contributed by atoms with Gasteiger partial charge in [0.15, 0.2) is 0 Å². The third kappa shape index (κ3) is 3.67. The van der Waals surface area contributed by atoms with E-state index >= 15 is 0 Å². The number of likely N-dealkylation sites (tertiary alicyclic amines) is 1. The van der Waals surface area contributed by atoms with Crippen LogP contribution in [0.2, 0.25) is 0 Å². The fourth-order valence-corrected chi connectivity index (χ4v) is 4.84. The van der Waals surface area contributed by atoms with E-state index in [1.807, 2.05) is 40.7 Å². The molecule has 2 aliphatic rings. The van der Waals surface area contributed by atoms with Gasteiger partial charge in [0.1, 0.15) is 10.9 Å². The van der Waals surface area contributed by atoms with Crippen molar-refractivity contribution in [1.82, 2.24) is 4.90 Å². The van der Waals surface area contributed by atoms with Gasteiger partial charge in [-0.1, -0.05) is 30.7 Å². The summed E-state index contributed by atoms with van der Waals surface area (Å²) in [5, 5.41) is -0.982. The molecule has 1 N–H and O–H groups in total. The molecule has 0 aromatic carbocycles. The molecule has 6 nitrogen and oxygen atoms in total. The Morgan fingerprint density at radius 3 is 2.46 bits per heavy atom. The van der Waals surface area contributed by atoms with Crippen LogP contribution in [0.15, 0.2) is 23.8 Å². The lowest BCUT2D eigenvalue weighted by molar-refractivity contribution is -0.0225. The molecule has 1 saturated heterocycles. The van der Waals surface area contributed by atoms with E-state index in [9.17, 15) is 17.8 Å². The number of allylic oxidation sites excluding steroid dienone is 3. The quantitative estimate of drug-likeness (QED) is 0.785. The van der Waals surface area contributed by atoms with Crippen LogP contribution in [-0.4, -0.2) is 47.9 Å². The van der Waals surface area contributed by atoms with Crippen LogP contribution in [0.25, 0.3) is 0 Å². The number of carbonyl (C=O) groups is 1. The summed E-state index contributed by atoms with van der Waals surface area (Å²) in [5.41, 5.74) is -0.302. The molecule has 0 bridgehead atoms. The van der Waals surface area contributed by atoms with Crippen LogP contribution in [-0.2, 0) is 14.9 Å². The molecule has 1 aliphatic heterocycles. The SMILES string of the molecule is CCC1(C2CN(C(=O)OC(C)(C)C)C2)C=C(C)C=CC1S(=O)(=O)O. The van der Waals surface area contributed by atoms with Crippen molar-refractivity contribution in [1.29, 1.82) is 0 Å². The van der Waals surface area contributed by atoms with Gasteiger partial charge in [-0.05, 0) is 34.1 Å². The standard InChI is InChI=1S/C17H27NO5S/c1-6-17(9-12(2)7-8-14(17)24(20,21)22)13-10-18(11-13)15(19)23-16(3,4)5/h7-9,13-14H,6,10-11H2,1-5H3,(H,20,21,22). The van der Waals surface area contributed by atoms with Crippen LogP contribution < -0.4 is 0 Å². The molecule has 0 aromatic rings. The number of rotatable bonds is 3. The summed E-state index contributed by atoms with van der Waals surface area (Å²) in [6.07, 6.45) is 5.38. The largest absolute Gasteiger partial charge is 0.444 e. The van der Waals surface area contributed by atoms with Crippen molar-refractivity contribution < 1.29 is 22.5 Å². The molecule has 0 spiro atoms. The van der Waals surface area contributed by atoms with Gasteiger partial charge in [-0.25, -0.2) is 4.79 Å². The highest BCUT2D eigenvalue weighted by Gasteiger charge is 2.53. The van der Waals surface area contributed by atoms with Crippen molar-refractivity contribution in [2.45, 2.75) is 51.9 Å². The summed E-state index contributed by atoms with van der Waals surface area (Å²) in [4.78, 5) is 13.7. The zero-order chi connectivity index (χ0) is 18.3. The van der Waals surface area contributed by atoms with Crippen molar-refractivity contribution in [2.75, 3.05) is 13.1 Å². The molecule has 2 unspecified atom stereocenters. The van der Waals surface area contributed by atoms with Gasteiger partial charge in [0.05, 0.1) is 0 Å². The monoisotopic (exact) mass is 357 g/mol. The molecule has 1 heterocycles. The molecule has 1 fully saturated rings. The Bertz CT molecular complexity index is 668. The van der Waals surface area contributed by atoms with Crippen molar-refractivity contribution in [3.63, 3.8) is 0 Å². The van der Waals surface area contributed by atoms with Crippen LogP contribution in [0.5, 0.6) is 0 Å². The van der Waals surface area contributed by atoms with Crippen molar-refractivity contribution >= 4 is 16.2 Å². The lowest BCUT2D eigenvalue weighted by Crippen LogP contribution is -2.60. The third-order valence-corrected chi connectivity index (χ3v) is 6.02. The highest BCUT2D eigenvalue weighted by atomic mass is 32.2. The first-order valence-corrected chi connectivity index (χ1v) is 9.71. The second kappa shape index (κ2) is 6.19. The maximum absolute atomic E-state index is 12.1. The number of hydrogen-bond acceptors (Lipinski definition) is 4. The van der Waals surface area contributed by atoms with Crippen LogP contribution >= 0.6 is 0 Å². The van der Waals surface area contributed by atoms with Crippen LogP contribution in [0, 0.1) is 11.3 Å². The second-order valence-corrected chi connectivity index (χ2v) is 9.27. The smallest absolute Gasteiger partial charge is 0.410 e. The Hall–Kier alpha value is -1.34. The topological polar surface area (TPSA) is 83.9 Å². The van der Waals surface area contributed by atoms with E-state index in [-0.39, 0.29) is 12.0 Å². The fraction of sp³-hybridized carbons (Fsp3) is 0.706. The van der Waals surface area contributed by atoms with Gasteiger partial charge in [-0.15, -0.1) is 0 Å². The van der Waals surface area contributed by atoms with Crippen molar-refractivity contribution in [3.8, 4) is 0 Å². The summed E-state index contributed by atoms with van der Waals surface area (Å²) in [6.45, 7) is 10.1. The average Bonchev–Trinajstić information content (AvgIpc) is 2.32. The second-order valence-electron chi connectivity index (χ2n) is 7.73. The summed E-state index contributed by atoms with van der Waals surface area (Å²) in [5.74, 6) is -0.0400. The van der Waals surface area contributed by atoms with Crippen LogP contribution in [0.1, 0.15) is 41.0 Å². The maximum atomic E-state index is 12.1. The van der Waals surface area contributed by atoms with Crippen LogP contribution in [0.3, 0.4) is 0 Å². The molecular formula is C17H27NO5S. The van der Waals surface area contributed by atoms with Gasteiger partial charge in [0, 0.05) is 24.4 Å². The van der Waals surface area contributed by atoms with E-state index in [0.29, 0.717) is 19.5 Å². The minimum Gasteiger partial charge on any atom is -0.444 e. The van der Waals surface area contributed by atoms with E-state index in [1.54, 1.807) is 17.1 Å². The van der Waals surface area contributed by atoms with Gasteiger partial charge < -0.3 is 9.64 Å².